The van der Waals surface area contributed by atoms with Gasteiger partial charge in [-0.1, -0.05) is 6.92 Å². The molecule has 2 N–H and O–H groups in total. The fourth-order valence-electron chi connectivity index (χ4n) is 3.15. The number of aryl methyl sites for hydroxylation is 2. The van der Waals surface area contributed by atoms with Crippen molar-refractivity contribution >= 4 is 16.8 Å². The molecule has 1 heterocycles. The lowest BCUT2D eigenvalue weighted by molar-refractivity contribution is -0.274. The summed E-state index contributed by atoms with van der Waals surface area (Å²) in [5.41, 5.74) is 8.87. The molecule has 8 heteroatoms. The molecule has 1 amide bonds. The molecular weight excluding hydrogens is 385 g/mol. The highest BCUT2D eigenvalue weighted by molar-refractivity contribution is 6.07. The number of fused-ring (bicyclic) bond motifs is 1. The molecule has 152 valence electrons. The molecule has 0 fully saturated rings. The van der Waals surface area contributed by atoms with Gasteiger partial charge in [-0.3, -0.25) is 9.78 Å². The Kier molecular flexibility index (Phi) is 5.37. The summed E-state index contributed by atoms with van der Waals surface area (Å²) in [6.07, 6.45) is -4.10. The first-order chi connectivity index (χ1) is 13.6. The molecule has 2 aromatic carbocycles. The van der Waals surface area contributed by atoms with E-state index >= 15 is 0 Å². The predicted molar refractivity (Wildman–Crippen MR) is 102 cm³/mol. The quantitative estimate of drug-likeness (QED) is 0.634. The Morgan fingerprint density at radius 2 is 1.72 bits per heavy atom. The second-order valence-corrected chi connectivity index (χ2v) is 6.53. The topological polar surface area (TPSA) is 74.4 Å². The van der Waals surface area contributed by atoms with Gasteiger partial charge in [0.05, 0.1) is 11.1 Å². The van der Waals surface area contributed by atoms with Crippen molar-refractivity contribution in [3.8, 4) is 17.2 Å². The molecule has 0 aliphatic carbocycles. The SMILES string of the molecule is CCc1nc2cc(C)c(Oc3ccc(OC(F)(F)F)cc3)cc2c(C(N)=O)c1C. The number of hydrogen-bond acceptors (Lipinski definition) is 4. The lowest BCUT2D eigenvalue weighted by Gasteiger charge is -2.15. The van der Waals surface area contributed by atoms with Crippen LogP contribution in [0.5, 0.6) is 17.2 Å². The molecule has 3 aromatic rings. The van der Waals surface area contributed by atoms with Crippen LogP contribution in [-0.4, -0.2) is 17.3 Å². The van der Waals surface area contributed by atoms with Crippen molar-refractivity contribution in [3.05, 3.63) is 58.8 Å². The second-order valence-electron chi connectivity index (χ2n) is 6.53. The smallest absolute Gasteiger partial charge is 0.457 e. The number of carbonyl (C=O) groups is 1. The van der Waals surface area contributed by atoms with Crippen LogP contribution in [0.4, 0.5) is 13.2 Å². The molecule has 0 saturated heterocycles. The summed E-state index contributed by atoms with van der Waals surface area (Å²) in [5.74, 6) is -0.150. The number of ether oxygens (including phenoxy) is 2. The molecule has 0 atom stereocenters. The number of benzene rings is 2. The monoisotopic (exact) mass is 404 g/mol. The van der Waals surface area contributed by atoms with Gasteiger partial charge < -0.3 is 15.2 Å². The molecule has 5 nitrogen and oxygen atoms in total. The minimum absolute atomic E-state index is 0.317. The van der Waals surface area contributed by atoms with Crippen LogP contribution in [0, 0.1) is 13.8 Å². The van der Waals surface area contributed by atoms with Gasteiger partial charge in [0.25, 0.3) is 0 Å². The van der Waals surface area contributed by atoms with E-state index in [4.69, 9.17) is 10.5 Å². The first-order valence-electron chi connectivity index (χ1n) is 8.86. The molecule has 0 radical (unpaired) electrons. The third-order valence-electron chi connectivity index (χ3n) is 4.49. The summed E-state index contributed by atoms with van der Waals surface area (Å²) < 4.78 is 46.5. The number of carbonyl (C=O) groups excluding carboxylic acids is 1. The van der Waals surface area contributed by atoms with E-state index < -0.39 is 12.3 Å². The number of rotatable bonds is 5. The summed E-state index contributed by atoms with van der Waals surface area (Å²) in [6.45, 7) is 5.56. The lowest BCUT2D eigenvalue weighted by Crippen LogP contribution is -2.16. The molecular formula is C21H19F3N2O3. The van der Waals surface area contributed by atoms with Gasteiger partial charge in [0, 0.05) is 11.1 Å². The molecule has 29 heavy (non-hydrogen) atoms. The Bertz CT molecular complexity index is 1080. The van der Waals surface area contributed by atoms with Gasteiger partial charge in [-0.2, -0.15) is 0 Å². The Hall–Kier alpha value is -3.29. The third-order valence-corrected chi connectivity index (χ3v) is 4.49. The highest BCUT2D eigenvalue weighted by Crippen LogP contribution is 2.33. The summed E-state index contributed by atoms with van der Waals surface area (Å²) in [4.78, 5) is 16.7. The summed E-state index contributed by atoms with van der Waals surface area (Å²) in [6, 6.07) is 8.51. The normalized spacial score (nSPS) is 11.5. The van der Waals surface area contributed by atoms with Crippen LogP contribution in [-0.2, 0) is 6.42 Å². The minimum Gasteiger partial charge on any atom is -0.457 e. The van der Waals surface area contributed by atoms with Gasteiger partial charge >= 0.3 is 6.36 Å². The van der Waals surface area contributed by atoms with Crippen molar-refractivity contribution in [1.29, 1.82) is 0 Å². The van der Waals surface area contributed by atoms with Crippen LogP contribution in [0.15, 0.2) is 36.4 Å². The van der Waals surface area contributed by atoms with E-state index in [-0.39, 0.29) is 5.75 Å². The number of alkyl halides is 3. The summed E-state index contributed by atoms with van der Waals surface area (Å²) in [5, 5.41) is 0.560. The number of pyridine rings is 1. The first-order valence-corrected chi connectivity index (χ1v) is 8.86. The Morgan fingerprint density at radius 1 is 1.10 bits per heavy atom. The number of halogens is 3. The average molecular weight is 404 g/mol. The largest absolute Gasteiger partial charge is 0.573 e. The van der Waals surface area contributed by atoms with Crippen LogP contribution in [0.1, 0.15) is 34.1 Å². The lowest BCUT2D eigenvalue weighted by atomic mass is 9.98. The number of nitrogens with two attached hydrogens (primary N) is 1. The maximum absolute atomic E-state index is 12.3. The highest BCUT2D eigenvalue weighted by atomic mass is 19.4. The molecule has 0 unspecified atom stereocenters. The second kappa shape index (κ2) is 7.62. The third kappa shape index (κ3) is 4.42. The fraction of sp³-hybridized carbons (Fsp3) is 0.238. The zero-order valence-electron chi connectivity index (χ0n) is 16.1. The molecule has 0 spiro atoms. The average Bonchev–Trinajstić information content (AvgIpc) is 2.62. The Labute approximate surface area is 165 Å². The van der Waals surface area contributed by atoms with Crippen LogP contribution in [0.3, 0.4) is 0 Å². The minimum atomic E-state index is -4.76. The van der Waals surface area contributed by atoms with Gasteiger partial charge in [0.1, 0.15) is 17.2 Å². The van der Waals surface area contributed by atoms with Gasteiger partial charge in [-0.15, -0.1) is 13.2 Å². The maximum atomic E-state index is 12.3. The van der Waals surface area contributed by atoms with Gasteiger partial charge in [-0.05, 0) is 67.8 Å². The van der Waals surface area contributed by atoms with E-state index in [9.17, 15) is 18.0 Å². The van der Waals surface area contributed by atoms with Crippen molar-refractivity contribution < 1.29 is 27.4 Å². The predicted octanol–water partition coefficient (Wildman–Crippen LogP) is 5.20. The Balaban J connectivity index is 2.01. The van der Waals surface area contributed by atoms with E-state index in [1.54, 1.807) is 19.1 Å². The zero-order chi connectivity index (χ0) is 21.3. The van der Waals surface area contributed by atoms with E-state index in [0.717, 1.165) is 29.0 Å². The van der Waals surface area contributed by atoms with Crippen LogP contribution < -0.4 is 15.2 Å². The van der Waals surface area contributed by atoms with Crippen molar-refractivity contribution in [2.75, 3.05) is 0 Å². The fourth-order valence-corrected chi connectivity index (χ4v) is 3.15. The number of hydrogen-bond donors (Lipinski definition) is 1. The zero-order valence-corrected chi connectivity index (χ0v) is 16.1. The van der Waals surface area contributed by atoms with Crippen molar-refractivity contribution in [2.45, 2.75) is 33.6 Å². The molecule has 0 bridgehead atoms. The van der Waals surface area contributed by atoms with E-state index in [1.807, 2.05) is 13.8 Å². The molecule has 3 rings (SSSR count). The van der Waals surface area contributed by atoms with Crippen LogP contribution in [0.25, 0.3) is 10.9 Å². The number of primary amides is 1. The molecule has 1 aromatic heterocycles. The summed E-state index contributed by atoms with van der Waals surface area (Å²) in [7, 11) is 0. The molecule has 0 aliphatic rings. The van der Waals surface area contributed by atoms with E-state index in [0.29, 0.717) is 34.4 Å². The van der Waals surface area contributed by atoms with E-state index in [2.05, 4.69) is 9.72 Å². The first kappa shape index (κ1) is 20.4. The molecule has 0 saturated carbocycles. The van der Waals surface area contributed by atoms with Crippen molar-refractivity contribution in [3.63, 3.8) is 0 Å². The van der Waals surface area contributed by atoms with Crippen molar-refractivity contribution in [2.24, 2.45) is 5.73 Å². The van der Waals surface area contributed by atoms with E-state index in [1.165, 1.54) is 12.1 Å². The van der Waals surface area contributed by atoms with Crippen molar-refractivity contribution in [1.82, 2.24) is 4.98 Å². The Morgan fingerprint density at radius 3 is 2.28 bits per heavy atom. The number of amides is 1. The number of nitrogens with zero attached hydrogens (tertiary/aromatic N) is 1. The van der Waals surface area contributed by atoms with Crippen LogP contribution >= 0.6 is 0 Å². The molecule has 0 aliphatic heterocycles. The highest BCUT2D eigenvalue weighted by Gasteiger charge is 2.31. The van der Waals surface area contributed by atoms with Gasteiger partial charge in [-0.25, -0.2) is 0 Å². The maximum Gasteiger partial charge on any atom is 0.573 e. The summed E-state index contributed by atoms with van der Waals surface area (Å²) >= 11 is 0. The van der Waals surface area contributed by atoms with Gasteiger partial charge in [0.15, 0.2) is 0 Å². The van der Waals surface area contributed by atoms with Crippen LogP contribution in [0.2, 0.25) is 0 Å². The number of aromatic nitrogens is 1. The van der Waals surface area contributed by atoms with Gasteiger partial charge in [0.2, 0.25) is 5.91 Å². The standard InChI is InChI=1S/C21H19F3N2O3/c1-4-16-12(3)19(20(25)27)15-10-18(11(2)9-17(15)26-16)28-13-5-7-14(8-6-13)29-21(22,23)24/h5-10H,4H2,1-3H3,(H2,25,27).